The monoisotopic (exact) mass is 217 g/mol. The summed E-state index contributed by atoms with van der Waals surface area (Å²) in [7, 11) is 0. The molecule has 76 valence electrons. The first kappa shape index (κ1) is 8.85. The van der Waals surface area contributed by atoms with Crippen molar-refractivity contribution in [2.75, 3.05) is 5.32 Å². The standard InChI is InChI=1S/C11H11N3S/c1-2-9(1)13-11-14-10(7-15-11)8-3-5-12-6-4-8/h3-7,9H,1-2H2,(H,13,14). The third-order valence-electron chi connectivity index (χ3n) is 2.39. The molecule has 0 saturated heterocycles. The first-order valence-electron chi connectivity index (χ1n) is 5.04. The van der Waals surface area contributed by atoms with E-state index in [1.165, 1.54) is 12.8 Å². The molecule has 4 heteroatoms. The van der Waals surface area contributed by atoms with E-state index in [-0.39, 0.29) is 0 Å². The SMILES string of the molecule is c1cc(-c2csc(NC3CC3)n2)ccn1. The minimum Gasteiger partial charge on any atom is -0.359 e. The molecule has 2 aromatic heterocycles. The van der Waals surface area contributed by atoms with E-state index in [0.29, 0.717) is 6.04 Å². The maximum absolute atomic E-state index is 4.54. The van der Waals surface area contributed by atoms with E-state index in [2.05, 4.69) is 20.7 Å². The lowest BCUT2D eigenvalue weighted by Gasteiger charge is -1.97. The zero-order valence-corrected chi connectivity index (χ0v) is 9.00. The van der Waals surface area contributed by atoms with Crippen LogP contribution < -0.4 is 5.32 Å². The lowest BCUT2D eigenvalue weighted by atomic mass is 10.2. The van der Waals surface area contributed by atoms with Crippen LogP contribution in [0, 0.1) is 0 Å². The molecule has 1 aliphatic rings. The van der Waals surface area contributed by atoms with Crippen molar-refractivity contribution in [1.29, 1.82) is 0 Å². The quantitative estimate of drug-likeness (QED) is 0.859. The van der Waals surface area contributed by atoms with Crippen molar-refractivity contribution >= 4 is 16.5 Å². The van der Waals surface area contributed by atoms with E-state index in [0.717, 1.165) is 16.4 Å². The van der Waals surface area contributed by atoms with Crippen molar-refractivity contribution in [3.63, 3.8) is 0 Å². The number of nitrogens with zero attached hydrogens (tertiary/aromatic N) is 2. The van der Waals surface area contributed by atoms with E-state index in [1.54, 1.807) is 23.7 Å². The summed E-state index contributed by atoms with van der Waals surface area (Å²) in [5, 5.41) is 6.51. The van der Waals surface area contributed by atoms with Gasteiger partial charge in [-0.25, -0.2) is 4.98 Å². The van der Waals surface area contributed by atoms with Crippen LogP contribution in [-0.2, 0) is 0 Å². The molecule has 0 spiro atoms. The highest BCUT2D eigenvalue weighted by molar-refractivity contribution is 7.14. The van der Waals surface area contributed by atoms with Crippen molar-refractivity contribution in [3.8, 4) is 11.3 Å². The molecule has 0 aliphatic heterocycles. The van der Waals surface area contributed by atoms with Gasteiger partial charge < -0.3 is 5.32 Å². The second kappa shape index (κ2) is 3.62. The number of hydrogen-bond acceptors (Lipinski definition) is 4. The number of aromatic nitrogens is 2. The molecule has 0 radical (unpaired) electrons. The van der Waals surface area contributed by atoms with Gasteiger partial charge in [0.1, 0.15) is 0 Å². The molecular weight excluding hydrogens is 206 g/mol. The maximum Gasteiger partial charge on any atom is 0.183 e. The summed E-state index contributed by atoms with van der Waals surface area (Å²) >= 11 is 1.67. The zero-order valence-electron chi connectivity index (χ0n) is 8.18. The van der Waals surface area contributed by atoms with Crippen molar-refractivity contribution in [2.45, 2.75) is 18.9 Å². The van der Waals surface area contributed by atoms with Gasteiger partial charge in [0, 0.05) is 29.4 Å². The van der Waals surface area contributed by atoms with Crippen LogP contribution in [0.2, 0.25) is 0 Å². The third-order valence-corrected chi connectivity index (χ3v) is 3.16. The molecule has 3 nitrogen and oxygen atoms in total. The zero-order chi connectivity index (χ0) is 10.1. The van der Waals surface area contributed by atoms with Gasteiger partial charge in [0.2, 0.25) is 0 Å². The molecule has 15 heavy (non-hydrogen) atoms. The van der Waals surface area contributed by atoms with Crippen LogP contribution in [0.4, 0.5) is 5.13 Å². The number of rotatable bonds is 3. The highest BCUT2D eigenvalue weighted by Gasteiger charge is 2.21. The topological polar surface area (TPSA) is 37.8 Å². The van der Waals surface area contributed by atoms with Gasteiger partial charge in [0.05, 0.1) is 5.69 Å². The van der Waals surface area contributed by atoms with E-state index < -0.39 is 0 Å². The second-order valence-corrected chi connectivity index (χ2v) is 4.55. The Balaban J connectivity index is 1.83. The number of nitrogens with one attached hydrogen (secondary N) is 1. The fraction of sp³-hybridized carbons (Fsp3) is 0.273. The number of thiazole rings is 1. The fourth-order valence-electron chi connectivity index (χ4n) is 1.40. The largest absolute Gasteiger partial charge is 0.359 e. The minimum absolute atomic E-state index is 0.668. The van der Waals surface area contributed by atoms with E-state index in [9.17, 15) is 0 Å². The Hall–Kier alpha value is -1.42. The predicted molar refractivity (Wildman–Crippen MR) is 62.0 cm³/mol. The van der Waals surface area contributed by atoms with Gasteiger partial charge in [-0.15, -0.1) is 11.3 Å². The second-order valence-electron chi connectivity index (χ2n) is 3.69. The van der Waals surface area contributed by atoms with Gasteiger partial charge in [-0.1, -0.05) is 0 Å². The van der Waals surface area contributed by atoms with Crippen LogP contribution in [0.15, 0.2) is 29.9 Å². The summed E-state index contributed by atoms with van der Waals surface area (Å²) in [6.45, 7) is 0. The number of pyridine rings is 1. The van der Waals surface area contributed by atoms with Gasteiger partial charge >= 0.3 is 0 Å². The highest BCUT2D eigenvalue weighted by atomic mass is 32.1. The maximum atomic E-state index is 4.54. The lowest BCUT2D eigenvalue weighted by Crippen LogP contribution is -1.99. The number of anilines is 1. The third kappa shape index (κ3) is 1.99. The lowest BCUT2D eigenvalue weighted by molar-refractivity contribution is 1.14. The minimum atomic E-state index is 0.668. The predicted octanol–water partition coefficient (Wildman–Crippen LogP) is 2.78. The van der Waals surface area contributed by atoms with Crippen LogP contribution in [0.3, 0.4) is 0 Å². The van der Waals surface area contributed by atoms with Crippen molar-refractivity contribution in [3.05, 3.63) is 29.9 Å². The molecule has 0 aromatic carbocycles. The van der Waals surface area contributed by atoms with Crippen molar-refractivity contribution in [2.24, 2.45) is 0 Å². The van der Waals surface area contributed by atoms with E-state index >= 15 is 0 Å². The highest BCUT2D eigenvalue weighted by Crippen LogP contribution is 2.29. The summed E-state index contributed by atoms with van der Waals surface area (Å²) in [5.74, 6) is 0. The first-order chi connectivity index (χ1) is 7.42. The molecule has 0 bridgehead atoms. The smallest absolute Gasteiger partial charge is 0.183 e. The molecule has 0 unspecified atom stereocenters. The Labute approximate surface area is 92.2 Å². The fourth-order valence-corrected chi connectivity index (χ4v) is 2.20. The van der Waals surface area contributed by atoms with Gasteiger partial charge in [0.25, 0.3) is 0 Å². The van der Waals surface area contributed by atoms with E-state index in [1.807, 2.05) is 12.1 Å². The van der Waals surface area contributed by atoms with Crippen molar-refractivity contribution in [1.82, 2.24) is 9.97 Å². The molecule has 1 fully saturated rings. The van der Waals surface area contributed by atoms with Crippen LogP contribution in [0.5, 0.6) is 0 Å². The molecule has 1 saturated carbocycles. The Morgan fingerprint density at radius 3 is 2.80 bits per heavy atom. The van der Waals surface area contributed by atoms with Gasteiger partial charge in [-0.2, -0.15) is 0 Å². The number of hydrogen-bond donors (Lipinski definition) is 1. The summed E-state index contributed by atoms with van der Waals surface area (Å²) in [5.41, 5.74) is 2.16. The summed E-state index contributed by atoms with van der Waals surface area (Å²) in [6.07, 6.45) is 6.15. The molecule has 1 aliphatic carbocycles. The van der Waals surface area contributed by atoms with E-state index in [4.69, 9.17) is 0 Å². The summed E-state index contributed by atoms with van der Waals surface area (Å²) in [6, 6.07) is 4.63. The normalized spacial score (nSPS) is 15.2. The molecule has 3 rings (SSSR count). The van der Waals surface area contributed by atoms with Crippen molar-refractivity contribution < 1.29 is 0 Å². The Bertz CT molecular complexity index is 448. The molecule has 2 heterocycles. The van der Waals surface area contributed by atoms with Crippen LogP contribution in [0.1, 0.15) is 12.8 Å². The first-order valence-corrected chi connectivity index (χ1v) is 5.92. The van der Waals surface area contributed by atoms with Gasteiger partial charge in [-0.05, 0) is 25.0 Å². The molecule has 1 N–H and O–H groups in total. The van der Waals surface area contributed by atoms with Crippen LogP contribution in [0.25, 0.3) is 11.3 Å². The van der Waals surface area contributed by atoms with Gasteiger partial charge in [0.15, 0.2) is 5.13 Å². The van der Waals surface area contributed by atoms with Crippen LogP contribution >= 0.6 is 11.3 Å². The van der Waals surface area contributed by atoms with Gasteiger partial charge in [-0.3, -0.25) is 4.98 Å². The Kier molecular flexibility index (Phi) is 2.14. The Morgan fingerprint density at radius 2 is 2.07 bits per heavy atom. The summed E-state index contributed by atoms with van der Waals surface area (Å²) in [4.78, 5) is 8.54. The van der Waals surface area contributed by atoms with Crippen LogP contribution in [-0.4, -0.2) is 16.0 Å². The average molecular weight is 217 g/mol. The molecule has 0 amide bonds. The molecule has 2 aromatic rings. The molecular formula is C11H11N3S. The average Bonchev–Trinajstić information content (AvgIpc) is 2.96. The molecule has 0 atom stereocenters. The Morgan fingerprint density at radius 1 is 1.27 bits per heavy atom. The summed E-state index contributed by atoms with van der Waals surface area (Å²) < 4.78 is 0.